The molecule has 0 spiro atoms. The molecule has 1 aliphatic heterocycles. The topological polar surface area (TPSA) is 9.23 Å². The zero-order valence-corrected chi connectivity index (χ0v) is 8.69. The van der Waals surface area contributed by atoms with Crippen LogP contribution in [0, 0.1) is 0 Å². The molecular formula is C7H16OSSi. The zero-order chi connectivity index (χ0) is 7.23. The Kier molecular flexibility index (Phi) is 4.49. The van der Waals surface area contributed by atoms with E-state index >= 15 is 0 Å². The SMILES string of the molecule is SCC[SiH2]C1CCCCO1. The number of ether oxygens (including phenoxy) is 1. The Labute approximate surface area is 70.8 Å². The molecule has 3 heteroatoms. The molecule has 0 aromatic heterocycles. The third-order valence-corrected chi connectivity index (χ3v) is 4.92. The van der Waals surface area contributed by atoms with Gasteiger partial charge in [0.2, 0.25) is 0 Å². The summed E-state index contributed by atoms with van der Waals surface area (Å²) in [4.78, 5) is 0. The normalized spacial score (nSPS) is 27.9. The molecule has 0 N–H and O–H groups in total. The number of hydrogen-bond donors (Lipinski definition) is 1. The van der Waals surface area contributed by atoms with Gasteiger partial charge >= 0.3 is 0 Å². The molecule has 1 unspecified atom stereocenters. The molecule has 0 radical (unpaired) electrons. The maximum Gasteiger partial charge on any atom is 0.0563 e. The van der Waals surface area contributed by atoms with Crippen LogP contribution in [0.15, 0.2) is 0 Å². The molecule has 0 aromatic carbocycles. The molecule has 0 saturated carbocycles. The maximum absolute atomic E-state index is 5.61. The van der Waals surface area contributed by atoms with Crippen molar-refractivity contribution in [1.29, 1.82) is 0 Å². The van der Waals surface area contributed by atoms with E-state index in [1.54, 1.807) is 0 Å². The van der Waals surface area contributed by atoms with Gasteiger partial charge in [0.05, 0.1) is 9.52 Å². The molecule has 60 valence electrons. The van der Waals surface area contributed by atoms with E-state index < -0.39 is 0 Å². The second-order valence-corrected chi connectivity index (χ2v) is 5.50. The Morgan fingerprint density at radius 1 is 1.50 bits per heavy atom. The van der Waals surface area contributed by atoms with Crippen molar-refractivity contribution in [1.82, 2.24) is 0 Å². The first-order chi connectivity index (χ1) is 4.93. The van der Waals surface area contributed by atoms with E-state index in [2.05, 4.69) is 12.6 Å². The third-order valence-electron chi connectivity index (χ3n) is 1.96. The Balaban J connectivity index is 2.02. The van der Waals surface area contributed by atoms with Crippen LogP contribution in [0.25, 0.3) is 0 Å². The van der Waals surface area contributed by atoms with Gasteiger partial charge in [0.15, 0.2) is 0 Å². The van der Waals surface area contributed by atoms with Crippen LogP contribution in [0.5, 0.6) is 0 Å². The summed E-state index contributed by atoms with van der Waals surface area (Å²) in [7, 11) is 0.0669. The summed E-state index contributed by atoms with van der Waals surface area (Å²) in [6.07, 6.45) is 4.01. The van der Waals surface area contributed by atoms with E-state index in [-0.39, 0.29) is 9.52 Å². The molecule has 1 heterocycles. The number of hydrogen-bond acceptors (Lipinski definition) is 2. The molecule has 0 amide bonds. The van der Waals surface area contributed by atoms with Gasteiger partial charge in [-0.2, -0.15) is 12.6 Å². The van der Waals surface area contributed by atoms with Gasteiger partial charge in [-0.1, -0.05) is 6.04 Å². The van der Waals surface area contributed by atoms with E-state index in [1.807, 2.05) is 0 Å². The lowest BCUT2D eigenvalue weighted by atomic mass is 10.2. The van der Waals surface area contributed by atoms with Crippen molar-refractivity contribution in [3.05, 3.63) is 0 Å². The highest BCUT2D eigenvalue weighted by Gasteiger charge is 2.12. The number of rotatable bonds is 3. The first kappa shape index (κ1) is 8.62. The highest BCUT2D eigenvalue weighted by atomic mass is 32.1. The summed E-state index contributed by atoms with van der Waals surface area (Å²) < 4.78 is 5.61. The van der Waals surface area contributed by atoms with Gasteiger partial charge in [-0.15, -0.1) is 0 Å². The van der Waals surface area contributed by atoms with Crippen LogP contribution in [0.1, 0.15) is 19.3 Å². The van der Waals surface area contributed by atoms with Crippen LogP contribution >= 0.6 is 12.6 Å². The molecule has 0 aromatic rings. The van der Waals surface area contributed by atoms with Crippen LogP contribution in [0.2, 0.25) is 6.04 Å². The molecule has 1 nitrogen and oxygen atoms in total. The van der Waals surface area contributed by atoms with Gasteiger partial charge in [-0.05, 0) is 25.0 Å². The summed E-state index contributed by atoms with van der Waals surface area (Å²) >= 11 is 4.20. The minimum Gasteiger partial charge on any atom is -0.382 e. The van der Waals surface area contributed by atoms with Gasteiger partial charge in [-0.3, -0.25) is 0 Å². The predicted molar refractivity (Wildman–Crippen MR) is 50.8 cm³/mol. The summed E-state index contributed by atoms with van der Waals surface area (Å²) in [6.45, 7) is 1.02. The summed E-state index contributed by atoms with van der Waals surface area (Å²) in [6, 6.07) is 1.34. The molecule has 1 rings (SSSR count). The number of thiol groups is 1. The molecule has 1 atom stereocenters. The summed E-state index contributed by atoms with van der Waals surface area (Å²) in [5.74, 6) is 1.06. The quantitative estimate of drug-likeness (QED) is 0.499. The molecule has 1 aliphatic rings. The summed E-state index contributed by atoms with van der Waals surface area (Å²) in [5.41, 5.74) is 0.695. The van der Waals surface area contributed by atoms with Crippen molar-refractivity contribution in [3.8, 4) is 0 Å². The van der Waals surface area contributed by atoms with Crippen molar-refractivity contribution in [2.24, 2.45) is 0 Å². The fourth-order valence-electron chi connectivity index (χ4n) is 1.35. The van der Waals surface area contributed by atoms with Crippen LogP contribution in [-0.4, -0.2) is 27.6 Å². The van der Waals surface area contributed by atoms with Crippen LogP contribution in [0.3, 0.4) is 0 Å². The highest BCUT2D eigenvalue weighted by Crippen LogP contribution is 2.12. The Morgan fingerprint density at radius 2 is 2.40 bits per heavy atom. The molecule has 0 aliphatic carbocycles. The van der Waals surface area contributed by atoms with Crippen molar-refractivity contribution < 1.29 is 4.74 Å². The summed E-state index contributed by atoms with van der Waals surface area (Å²) in [5, 5.41) is 0. The van der Waals surface area contributed by atoms with Crippen LogP contribution in [0.4, 0.5) is 0 Å². The van der Waals surface area contributed by atoms with Crippen molar-refractivity contribution in [3.63, 3.8) is 0 Å². The Bertz CT molecular complexity index is 83.7. The zero-order valence-electron chi connectivity index (χ0n) is 6.38. The van der Waals surface area contributed by atoms with E-state index in [0.29, 0.717) is 5.73 Å². The average Bonchev–Trinajstić information content (AvgIpc) is 2.03. The van der Waals surface area contributed by atoms with Gasteiger partial charge in [0.25, 0.3) is 0 Å². The lowest BCUT2D eigenvalue weighted by molar-refractivity contribution is 0.0651. The predicted octanol–water partition coefficient (Wildman–Crippen LogP) is 1.03. The largest absolute Gasteiger partial charge is 0.382 e. The van der Waals surface area contributed by atoms with Gasteiger partial charge in [0, 0.05) is 12.3 Å². The van der Waals surface area contributed by atoms with Gasteiger partial charge in [-0.25, -0.2) is 0 Å². The second-order valence-electron chi connectivity index (χ2n) is 2.85. The van der Waals surface area contributed by atoms with E-state index in [1.165, 1.54) is 25.3 Å². The lowest BCUT2D eigenvalue weighted by Gasteiger charge is -2.21. The highest BCUT2D eigenvalue weighted by molar-refractivity contribution is 7.80. The molecule has 1 saturated heterocycles. The monoisotopic (exact) mass is 176 g/mol. The van der Waals surface area contributed by atoms with Crippen molar-refractivity contribution >= 4 is 22.1 Å². The van der Waals surface area contributed by atoms with Crippen molar-refractivity contribution in [2.45, 2.75) is 31.0 Å². The minimum atomic E-state index is 0.0669. The Morgan fingerprint density at radius 3 is 3.00 bits per heavy atom. The molecule has 10 heavy (non-hydrogen) atoms. The van der Waals surface area contributed by atoms with Crippen LogP contribution < -0.4 is 0 Å². The van der Waals surface area contributed by atoms with Gasteiger partial charge < -0.3 is 4.74 Å². The third kappa shape index (κ3) is 3.08. The van der Waals surface area contributed by atoms with E-state index in [9.17, 15) is 0 Å². The molecule has 1 fully saturated rings. The molecular weight excluding hydrogens is 160 g/mol. The lowest BCUT2D eigenvalue weighted by Crippen LogP contribution is -2.25. The van der Waals surface area contributed by atoms with Gasteiger partial charge in [0.1, 0.15) is 0 Å². The minimum absolute atomic E-state index is 0.0669. The first-order valence-electron chi connectivity index (χ1n) is 4.16. The standard InChI is InChI=1S/C7H16OSSi/c9-5-6-10-7-3-1-2-4-8-7/h7,9H,1-6,10H2. The average molecular weight is 176 g/mol. The smallest absolute Gasteiger partial charge is 0.0563 e. The fraction of sp³-hybridized carbons (Fsp3) is 1.00. The fourth-order valence-corrected chi connectivity index (χ4v) is 3.45. The van der Waals surface area contributed by atoms with Crippen LogP contribution in [-0.2, 0) is 4.74 Å². The maximum atomic E-state index is 5.61. The molecule has 0 bridgehead atoms. The Hall–Kier alpha value is 0.527. The second kappa shape index (κ2) is 5.21. The van der Waals surface area contributed by atoms with Crippen molar-refractivity contribution in [2.75, 3.05) is 12.4 Å². The van der Waals surface area contributed by atoms with E-state index in [0.717, 1.165) is 12.4 Å². The first-order valence-corrected chi connectivity index (χ1v) is 6.61. The van der Waals surface area contributed by atoms with E-state index in [4.69, 9.17) is 4.74 Å².